The third-order valence-corrected chi connectivity index (χ3v) is 3.20. The van der Waals surface area contributed by atoms with Crippen LogP contribution < -0.4 is 4.74 Å². The minimum atomic E-state index is 0.258. The molecule has 1 aliphatic heterocycles. The number of methoxy groups -OCH3 is 1. The molecule has 92 valence electrons. The molecule has 0 atom stereocenters. The molecule has 5 heteroatoms. The first-order valence-corrected chi connectivity index (χ1v) is 6.06. The van der Waals surface area contributed by atoms with Gasteiger partial charge in [0.2, 0.25) is 0 Å². The third-order valence-electron chi connectivity index (χ3n) is 3.20. The van der Waals surface area contributed by atoms with E-state index in [4.69, 9.17) is 9.47 Å². The fraction of sp³-hybridized carbons (Fsp3) is 0.667. The van der Waals surface area contributed by atoms with Gasteiger partial charge < -0.3 is 9.47 Å². The van der Waals surface area contributed by atoms with Crippen molar-refractivity contribution < 1.29 is 9.47 Å². The Kier molecular flexibility index (Phi) is 2.94. The van der Waals surface area contributed by atoms with E-state index in [0.29, 0.717) is 12.6 Å². The number of hydrogen-bond acceptors (Lipinski definition) is 5. The summed E-state index contributed by atoms with van der Waals surface area (Å²) < 4.78 is 10.8. The van der Waals surface area contributed by atoms with Crippen LogP contribution in [0.4, 0.5) is 0 Å². The van der Waals surface area contributed by atoms with Gasteiger partial charge in [0.15, 0.2) is 0 Å². The summed E-state index contributed by atoms with van der Waals surface area (Å²) in [5.74, 6) is 0. The Morgan fingerprint density at radius 1 is 1.41 bits per heavy atom. The average Bonchev–Trinajstić information content (AvgIpc) is 3.08. The second kappa shape index (κ2) is 4.58. The number of aromatic nitrogens is 2. The smallest absolute Gasteiger partial charge is 0.317 e. The summed E-state index contributed by atoms with van der Waals surface area (Å²) in [7, 11) is 1.65. The van der Waals surface area contributed by atoms with Crippen molar-refractivity contribution in [2.45, 2.75) is 31.6 Å². The van der Waals surface area contributed by atoms with Gasteiger partial charge in [0.05, 0.1) is 12.3 Å². The Morgan fingerprint density at radius 3 is 2.94 bits per heavy atom. The van der Waals surface area contributed by atoms with E-state index in [2.05, 4.69) is 14.9 Å². The highest BCUT2D eigenvalue weighted by Crippen LogP contribution is 2.31. The van der Waals surface area contributed by atoms with Crippen molar-refractivity contribution in [2.24, 2.45) is 0 Å². The quantitative estimate of drug-likeness (QED) is 0.757. The summed E-state index contributed by atoms with van der Waals surface area (Å²) >= 11 is 0. The van der Waals surface area contributed by atoms with Crippen molar-refractivity contribution in [1.82, 2.24) is 14.9 Å². The Morgan fingerprint density at radius 2 is 2.24 bits per heavy atom. The van der Waals surface area contributed by atoms with Crippen LogP contribution >= 0.6 is 0 Å². The summed E-state index contributed by atoms with van der Waals surface area (Å²) in [5.41, 5.74) is 0.857. The fourth-order valence-electron chi connectivity index (χ4n) is 2.09. The van der Waals surface area contributed by atoms with Gasteiger partial charge in [0.25, 0.3) is 0 Å². The molecule has 0 amide bonds. The maximum atomic E-state index is 5.73. The molecule has 1 saturated carbocycles. The highest BCUT2D eigenvalue weighted by molar-refractivity contribution is 5.06. The maximum absolute atomic E-state index is 5.73. The van der Waals surface area contributed by atoms with Gasteiger partial charge in [-0.05, 0) is 18.9 Å². The van der Waals surface area contributed by atoms with Crippen LogP contribution in [-0.2, 0) is 11.3 Å². The molecule has 0 aromatic carbocycles. The van der Waals surface area contributed by atoms with Crippen molar-refractivity contribution in [3.8, 4) is 6.01 Å². The molecule has 0 unspecified atom stereocenters. The van der Waals surface area contributed by atoms with Crippen molar-refractivity contribution in [3.05, 3.63) is 18.0 Å². The lowest BCUT2D eigenvalue weighted by molar-refractivity contribution is 0.00824. The van der Waals surface area contributed by atoms with E-state index in [1.807, 2.05) is 6.07 Å². The molecule has 5 nitrogen and oxygen atoms in total. The van der Waals surface area contributed by atoms with Crippen LogP contribution in [0, 0.1) is 0 Å². The zero-order chi connectivity index (χ0) is 11.7. The largest absolute Gasteiger partial charge is 0.457 e. The van der Waals surface area contributed by atoms with E-state index in [1.54, 1.807) is 13.3 Å². The Labute approximate surface area is 101 Å². The van der Waals surface area contributed by atoms with Crippen molar-refractivity contribution in [2.75, 3.05) is 20.2 Å². The maximum Gasteiger partial charge on any atom is 0.317 e. The molecule has 0 radical (unpaired) electrons. The molecule has 1 aliphatic carbocycles. The van der Waals surface area contributed by atoms with E-state index in [1.165, 1.54) is 12.8 Å². The number of ether oxygens (including phenoxy) is 2. The van der Waals surface area contributed by atoms with Gasteiger partial charge in [0.1, 0.15) is 6.10 Å². The first kappa shape index (κ1) is 10.9. The highest BCUT2D eigenvalue weighted by atomic mass is 16.5. The van der Waals surface area contributed by atoms with Crippen molar-refractivity contribution in [3.63, 3.8) is 0 Å². The Bertz CT molecular complexity index is 389. The van der Waals surface area contributed by atoms with Gasteiger partial charge in [-0.15, -0.1) is 0 Å². The van der Waals surface area contributed by atoms with E-state index in [9.17, 15) is 0 Å². The van der Waals surface area contributed by atoms with E-state index < -0.39 is 0 Å². The lowest BCUT2D eigenvalue weighted by Crippen LogP contribution is -2.54. The molecule has 2 heterocycles. The van der Waals surface area contributed by atoms with Crippen LogP contribution in [0.2, 0.25) is 0 Å². The summed E-state index contributed by atoms with van der Waals surface area (Å²) in [6.07, 6.45) is 4.68. The molecule has 1 aromatic rings. The van der Waals surface area contributed by atoms with Crippen molar-refractivity contribution >= 4 is 0 Å². The van der Waals surface area contributed by atoms with Crippen LogP contribution in [0.1, 0.15) is 18.5 Å². The molecule has 2 fully saturated rings. The molecular weight excluding hydrogens is 218 g/mol. The zero-order valence-electron chi connectivity index (χ0n) is 10.0. The summed E-state index contributed by atoms with van der Waals surface area (Å²) in [6, 6.07) is 3.14. The van der Waals surface area contributed by atoms with Gasteiger partial charge in [-0.2, -0.15) is 4.98 Å². The minimum Gasteiger partial charge on any atom is -0.457 e. The molecule has 1 aromatic heterocycles. The molecule has 2 aliphatic rings. The van der Waals surface area contributed by atoms with Gasteiger partial charge >= 0.3 is 6.01 Å². The normalized spacial score (nSPS) is 21.2. The molecule has 3 rings (SSSR count). The summed E-state index contributed by atoms with van der Waals surface area (Å²) in [5, 5.41) is 0. The predicted octanol–water partition coefficient (Wildman–Crippen LogP) is 0.848. The molecular formula is C12H17N3O2. The number of nitrogens with zero attached hydrogens (tertiary/aromatic N) is 3. The van der Waals surface area contributed by atoms with Crippen molar-refractivity contribution in [1.29, 1.82) is 0 Å². The van der Waals surface area contributed by atoms with E-state index in [-0.39, 0.29) is 6.10 Å². The van der Waals surface area contributed by atoms with E-state index >= 15 is 0 Å². The SMILES string of the molecule is COCc1ccnc(OC2CN(C3CC3)C2)n1. The molecule has 17 heavy (non-hydrogen) atoms. The second-order valence-corrected chi connectivity index (χ2v) is 4.69. The third kappa shape index (κ3) is 2.56. The topological polar surface area (TPSA) is 47.5 Å². The van der Waals surface area contributed by atoms with Gasteiger partial charge in [-0.3, -0.25) is 4.90 Å². The van der Waals surface area contributed by atoms with Crippen LogP contribution in [0.5, 0.6) is 6.01 Å². The monoisotopic (exact) mass is 235 g/mol. The molecule has 1 saturated heterocycles. The second-order valence-electron chi connectivity index (χ2n) is 4.69. The van der Waals surface area contributed by atoms with Crippen LogP contribution in [0.3, 0.4) is 0 Å². The summed E-state index contributed by atoms with van der Waals surface area (Å²) in [4.78, 5) is 10.9. The van der Waals surface area contributed by atoms with Gasteiger partial charge in [-0.1, -0.05) is 0 Å². The first-order chi connectivity index (χ1) is 8.35. The zero-order valence-corrected chi connectivity index (χ0v) is 10.0. The molecule has 0 bridgehead atoms. The van der Waals surface area contributed by atoms with Crippen LogP contribution in [0.25, 0.3) is 0 Å². The number of likely N-dealkylation sites (tertiary alicyclic amines) is 1. The van der Waals surface area contributed by atoms with Crippen LogP contribution in [0.15, 0.2) is 12.3 Å². The first-order valence-electron chi connectivity index (χ1n) is 6.06. The predicted molar refractivity (Wildman–Crippen MR) is 61.8 cm³/mol. The van der Waals surface area contributed by atoms with Gasteiger partial charge in [0, 0.05) is 32.4 Å². The molecule has 0 N–H and O–H groups in total. The average molecular weight is 235 g/mol. The summed E-state index contributed by atoms with van der Waals surface area (Å²) in [6.45, 7) is 2.53. The standard InChI is InChI=1S/C12H17N3O2/c1-16-8-9-4-5-13-12(14-9)17-11-6-15(7-11)10-2-3-10/h4-5,10-11H,2-3,6-8H2,1H3. The number of rotatable bonds is 5. The minimum absolute atomic E-state index is 0.258. The lowest BCUT2D eigenvalue weighted by Gasteiger charge is -2.38. The number of hydrogen-bond donors (Lipinski definition) is 0. The Hall–Kier alpha value is -1.20. The molecule has 0 spiro atoms. The fourth-order valence-corrected chi connectivity index (χ4v) is 2.09. The van der Waals surface area contributed by atoms with Crippen LogP contribution in [-0.4, -0.2) is 47.2 Å². The highest BCUT2D eigenvalue weighted by Gasteiger charge is 2.39. The lowest BCUT2D eigenvalue weighted by atomic mass is 10.1. The Balaban J connectivity index is 1.52. The van der Waals surface area contributed by atoms with E-state index in [0.717, 1.165) is 24.8 Å². The van der Waals surface area contributed by atoms with Gasteiger partial charge in [-0.25, -0.2) is 4.98 Å².